The van der Waals surface area contributed by atoms with Gasteiger partial charge < -0.3 is 5.32 Å². The van der Waals surface area contributed by atoms with Gasteiger partial charge in [-0.05, 0) is 0 Å². The molecule has 4 nitrogen and oxygen atoms in total. The molecule has 5 heteroatoms. The van der Waals surface area contributed by atoms with Gasteiger partial charge in [0.25, 0.3) is 0 Å². The fraction of sp³-hybridized carbons (Fsp3) is 0.375. The summed E-state index contributed by atoms with van der Waals surface area (Å²) in [5.74, 6) is -0.159. The Hall–Kier alpha value is -1.41. The van der Waals surface area contributed by atoms with E-state index in [9.17, 15) is 4.79 Å². The maximum atomic E-state index is 11.2. The normalized spacial score (nSPS) is 9.69. The van der Waals surface area contributed by atoms with Crippen LogP contribution in [-0.2, 0) is 4.79 Å². The van der Waals surface area contributed by atoms with Gasteiger partial charge in [0.05, 0.1) is 6.20 Å². The van der Waals surface area contributed by atoms with E-state index in [1.165, 1.54) is 17.5 Å². The molecule has 0 aromatic carbocycles. The van der Waals surface area contributed by atoms with Crippen molar-refractivity contribution in [1.82, 2.24) is 4.98 Å². The maximum Gasteiger partial charge on any atom is 0.228 e. The van der Waals surface area contributed by atoms with Crippen molar-refractivity contribution in [3.05, 3.63) is 11.1 Å². The number of aromatic nitrogens is 1. The third-order valence-electron chi connectivity index (χ3n) is 1.37. The van der Waals surface area contributed by atoms with Crippen molar-refractivity contribution >= 4 is 22.4 Å². The van der Waals surface area contributed by atoms with E-state index in [0.29, 0.717) is 10.0 Å². The molecule has 0 aliphatic heterocycles. The van der Waals surface area contributed by atoms with Crippen LogP contribution < -0.4 is 5.32 Å². The largest absolute Gasteiger partial charge is 0.302 e. The summed E-state index contributed by atoms with van der Waals surface area (Å²) in [5.41, 5.74) is 0. The first-order valence-electron chi connectivity index (χ1n) is 3.80. The van der Waals surface area contributed by atoms with Gasteiger partial charge in [-0.15, -0.1) is 0 Å². The molecule has 0 saturated heterocycles. The van der Waals surface area contributed by atoms with Crippen LogP contribution in [0.15, 0.2) is 6.20 Å². The first kappa shape index (κ1) is 9.68. The summed E-state index contributed by atoms with van der Waals surface area (Å²) in [7, 11) is 0. The molecule has 0 saturated carbocycles. The van der Waals surface area contributed by atoms with Gasteiger partial charge in [0, 0.05) is 5.92 Å². The lowest BCUT2D eigenvalue weighted by molar-refractivity contribution is -0.118. The van der Waals surface area contributed by atoms with Crippen molar-refractivity contribution in [2.24, 2.45) is 5.92 Å². The number of nitrogens with zero attached hydrogens (tertiary/aromatic N) is 2. The number of anilines is 1. The zero-order valence-electron chi connectivity index (χ0n) is 7.37. The monoisotopic (exact) mass is 195 g/mol. The van der Waals surface area contributed by atoms with Crippen LogP contribution >= 0.6 is 11.3 Å². The van der Waals surface area contributed by atoms with E-state index in [1.807, 2.05) is 6.07 Å². The van der Waals surface area contributed by atoms with E-state index in [4.69, 9.17) is 5.26 Å². The molecule has 1 heterocycles. The van der Waals surface area contributed by atoms with Gasteiger partial charge >= 0.3 is 0 Å². The Morgan fingerprint density at radius 1 is 1.77 bits per heavy atom. The minimum atomic E-state index is -0.0844. The molecule has 1 amide bonds. The van der Waals surface area contributed by atoms with Crippen molar-refractivity contribution < 1.29 is 4.79 Å². The summed E-state index contributed by atoms with van der Waals surface area (Å²) in [6, 6.07) is 1.95. The molecule has 0 atom stereocenters. The molecule has 0 radical (unpaired) electrons. The Morgan fingerprint density at radius 3 is 2.92 bits per heavy atom. The fourth-order valence-corrected chi connectivity index (χ4v) is 1.25. The summed E-state index contributed by atoms with van der Waals surface area (Å²) >= 11 is 1.17. The average molecular weight is 195 g/mol. The van der Waals surface area contributed by atoms with E-state index in [2.05, 4.69) is 10.3 Å². The molecule has 0 spiro atoms. The van der Waals surface area contributed by atoms with E-state index >= 15 is 0 Å². The zero-order valence-corrected chi connectivity index (χ0v) is 8.18. The smallest absolute Gasteiger partial charge is 0.228 e. The van der Waals surface area contributed by atoms with Crippen LogP contribution in [0, 0.1) is 17.2 Å². The van der Waals surface area contributed by atoms with Gasteiger partial charge in [-0.25, -0.2) is 4.98 Å². The number of carbonyl (C=O) groups is 1. The van der Waals surface area contributed by atoms with Gasteiger partial charge in [-0.3, -0.25) is 4.79 Å². The molecular weight excluding hydrogens is 186 g/mol. The van der Waals surface area contributed by atoms with E-state index in [0.717, 1.165) is 0 Å². The van der Waals surface area contributed by atoms with Crippen molar-refractivity contribution in [3.8, 4) is 6.07 Å². The number of hydrogen-bond acceptors (Lipinski definition) is 4. The molecule has 13 heavy (non-hydrogen) atoms. The van der Waals surface area contributed by atoms with Crippen LogP contribution in [0.2, 0.25) is 0 Å². The molecule has 0 fully saturated rings. The van der Waals surface area contributed by atoms with Crippen LogP contribution in [0.5, 0.6) is 0 Å². The predicted molar refractivity (Wildman–Crippen MR) is 50.3 cm³/mol. The molecule has 1 aromatic heterocycles. The van der Waals surface area contributed by atoms with Gasteiger partial charge in [-0.1, -0.05) is 25.2 Å². The number of amides is 1. The summed E-state index contributed by atoms with van der Waals surface area (Å²) in [5, 5.41) is 11.6. The molecule has 1 N–H and O–H groups in total. The summed E-state index contributed by atoms with van der Waals surface area (Å²) < 4.78 is 0. The summed E-state index contributed by atoms with van der Waals surface area (Å²) in [6.45, 7) is 3.60. The SMILES string of the molecule is CC(C)C(=O)Nc1ncc(C#N)s1. The van der Waals surface area contributed by atoms with Crippen molar-refractivity contribution in [3.63, 3.8) is 0 Å². The molecule has 0 unspecified atom stereocenters. The van der Waals surface area contributed by atoms with Crippen LogP contribution in [0.3, 0.4) is 0 Å². The highest BCUT2D eigenvalue weighted by molar-refractivity contribution is 7.16. The Balaban J connectivity index is 2.65. The van der Waals surface area contributed by atoms with Crippen LogP contribution in [-0.4, -0.2) is 10.9 Å². The number of nitriles is 1. The molecule has 1 aromatic rings. The van der Waals surface area contributed by atoms with E-state index < -0.39 is 0 Å². The second-order valence-corrected chi connectivity index (χ2v) is 3.82. The van der Waals surface area contributed by atoms with Gasteiger partial charge in [0.1, 0.15) is 10.9 Å². The molecule has 0 aliphatic carbocycles. The second kappa shape index (κ2) is 4.01. The standard InChI is InChI=1S/C8H9N3OS/c1-5(2)7(12)11-8-10-4-6(3-9)13-8/h4-5H,1-2H3,(H,10,11,12). The van der Waals surface area contributed by atoms with Gasteiger partial charge in [0.2, 0.25) is 5.91 Å². The molecule has 1 rings (SSSR count). The van der Waals surface area contributed by atoms with Crippen LogP contribution in [0.1, 0.15) is 18.7 Å². The van der Waals surface area contributed by atoms with E-state index in [-0.39, 0.29) is 11.8 Å². The minimum absolute atomic E-state index is 0.0746. The Bertz CT molecular complexity index is 351. The minimum Gasteiger partial charge on any atom is -0.302 e. The maximum absolute atomic E-state index is 11.2. The Labute approximate surface area is 80.2 Å². The fourth-order valence-electron chi connectivity index (χ4n) is 0.633. The van der Waals surface area contributed by atoms with E-state index in [1.54, 1.807) is 13.8 Å². The first-order chi connectivity index (χ1) is 6.13. The molecule has 0 aliphatic rings. The number of nitrogens with one attached hydrogen (secondary N) is 1. The Morgan fingerprint density at radius 2 is 2.46 bits per heavy atom. The number of carbonyl (C=O) groups excluding carboxylic acids is 1. The molecular formula is C8H9N3OS. The number of rotatable bonds is 2. The van der Waals surface area contributed by atoms with Gasteiger partial charge in [-0.2, -0.15) is 5.26 Å². The highest BCUT2D eigenvalue weighted by Crippen LogP contribution is 2.17. The first-order valence-corrected chi connectivity index (χ1v) is 4.62. The number of thiazole rings is 1. The quantitative estimate of drug-likeness (QED) is 0.779. The lowest BCUT2D eigenvalue weighted by Gasteiger charge is -2.02. The lowest BCUT2D eigenvalue weighted by atomic mass is 10.2. The van der Waals surface area contributed by atoms with Crippen LogP contribution in [0.25, 0.3) is 0 Å². The number of hydrogen-bond donors (Lipinski definition) is 1. The van der Waals surface area contributed by atoms with Gasteiger partial charge in [0.15, 0.2) is 5.13 Å². The highest BCUT2D eigenvalue weighted by Gasteiger charge is 2.09. The summed E-state index contributed by atoms with van der Waals surface area (Å²) in [4.78, 5) is 15.6. The third kappa shape index (κ3) is 2.53. The predicted octanol–water partition coefficient (Wildman–Crippen LogP) is 1.61. The molecule has 68 valence electrons. The van der Waals surface area contributed by atoms with Crippen LogP contribution in [0.4, 0.5) is 5.13 Å². The topological polar surface area (TPSA) is 65.8 Å². The second-order valence-electron chi connectivity index (χ2n) is 2.79. The zero-order chi connectivity index (χ0) is 9.84. The molecule has 0 bridgehead atoms. The van der Waals surface area contributed by atoms with Crippen molar-refractivity contribution in [1.29, 1.82) is 5.26 Å². The average Bonchev–Trinajstić information content (AvgIpc) is 2.52. The third-order valence-corrected chi connectivity index (χ3v) is 2.19. The Kier molecular flexibility index (Phi) is 2.98. The summed E-state index contributed by atoms with van der Waals surface area (Å²) in [6.07, 6.45) is 1.45. The van der Waals surface area contributed by atoms with Crippen molar-refractivity contribution in [2.75, 3.05) is 5.32 Å². The lowest BCUT2D eigenvalue weighted by Crippen LogP contribution is -2.17. The highest BCUT2D eigenvalue weighted by atomic mass is 32.1. The van der Waals surface area contributed by atoms with Crippen molar-refractivity contribution in [2.45, 2.75) is 13.8 Å².